The molecule has 0 fully saturated rings. The fourth-order valence-electron chi connectivity index (χ4n) is 2.45. The lowest BCUT2D eigenvalue weighted by Crippen LogP contribution is -1.93. The molecule has 0 aliphatic rings. The van der Waals surface area contributed by atoms with Crippen LogP contribution in [0.3, 0.4) is 0 Å². The smallest absolute Gasteiger partial charge is 0.146 e. The van der Waals surface area contributed by atoms with Crippen LogP contribution in [0, 0.1) is 0 Å². The number of aliphatic hydroxyl groups excluding tert-OH is 1. The molecule has 4 rings (SSSR count). The first-order valence-electron chi connectivity index (χ1n) is 6.56. The molecule has 21 heavy (non-hydrogen) atoms. The Morgan fingerprint density at radius 3 is 2.71 bits per heavy atom. The number of benzene rings is 2. The molecule has 4 aromatic rings. The zero-order valence-electron chi connectivity index (χ0n) is 10.9. The summed E-state index contributed by atoms with van der Waals surface area (Å²) in [5.41, 5.74) is 0.731. The molecule has 0 amide bonds. The first-order valence-corrected chi connectivity index (χ1v) is 7.76. The Kier molecular flexibility index (Phi) is 3.00. The molecule has 0 spiro atoms. The molecule has 0 saturated heterocycles. The highest BCUT2D eigenvalue weighted by Crippen LogP contribution is 2.35. The zero-order valence-corrected chi connectivity index (χ0v) is 12.5. The highest BCUT2D eigenvalue weighted by atomic mass is 35.5. The van der Waals surface area contributed by atoms with Gasteiger partial charge in [-0.3, -0.25) is 0 Å². The maximum absolute atomic E-state index is 10.5. The maximum atomic E-state index is 10.5. The van der Waals surface area contributed by atoms with E-state index in [0.29, 0.717) is 10.8 Å². The number of halogens is 1. The van der Waals surface area contributed by atoms with Crippen LogP contribution in [-0.2, 0) is 0 Å². The van der Waals surface area contributed by atoms with Gasteiger partial charge in [-0.05, 0) is 41.8 Å². The van der Waals surface area contributed by atoms with Crippen molar-refractivity contribution in [2.24, 2.45) is 0 Å². The molecular weight excluding hydrogens is 304 g/mol. The molecule has 0 bridgehead atoms. The molecule has 0 radical (unpaired) electrons. The van der Waals surface area contributed by atoms with Crippen LogP contribution in [-0.4, -0.2) is 5.11 Å². The second-order valence-electron chi connectivity index (χ2n) is 4.92. The minimum absolute atomic E-state index is 0.541. The van der Waals surface area contributed by atoms with Gasteiger partial charge in [-0.1, -0.05) is 29.8 Å². The average Bonchev–Trinajstić information content (AvgIpc) is 3.09. The fourth-order valence-corrected chi connectivity index (χ4v) is 3.69. The number of furan rings is 1. The monoisotopic (exact) mass is 314 g/mol. The largest absolute Gasteiger partial charge is 0.458 e. The van der Waals surface area contributed by atoms with Crippen molar-refractivity contribution in [3.63, 3.8) is 0 Å². The third-order valence-corrected chi connectivity index (χ3v) is 4.88. The van der Waals surface area contributed by atoms with E-state index < -0.39 is 6.10 Å². The predicted octanol–water partition coefficient (Wildman–Crippen LogP) is 5.38. The van der Waals surface area contributed by atoms with E-state index in [4.69, 9.17) is 16.0 Å². The van der Waals surface area contributed by atoms with Crippen molar-refractivity contribution in [1.29, 1.82) is 0 Å². The van der Waals surface area contributed by atoms with Gasteiger partial charge < -0.3 is 9.52 Å². The quantitative estimate of drug-likeness (QED) is 0.538. The number of fused-ring (bicyclic) bond motifs is 2. The summed E-state index contributed by atoms with van der Waals surface area (Å²) in [6.45, 7) is 0. The predicted molar refractivity (Wildman–Crippen MR) is 87.1 cm³/mol. The van der Waals surface area contributed by atoms with Crippen LogP contribution in [0.1, 0.15) is 16.7 Å². The van der Waals surface area contributed by atoms with Gasteiger partial charge in [0, 0.05) is 20.0 Å². The lowest BCUT2D eigenvalue weighted by Gasteiger charge is -2.03. The number of rotatable bonds is 2. The van der Waals surface area contributed by atoms with Gasteiger partial charge in [0.1, 0.15) is 17.4 Å². The van der Waals surface area contributed by atoms with Crippen molar-refractivity contribution in [1.82, 2.24) is 0 Å². The Labute approximate surface area is 130 Å². The molecule has 0 aliphatic heterocycles. The van der Waals surface area contributed by atoms with Gasteiger partial charge in [0.2, 0.25) is 0 Å². The van der Waals surface area contributed by atoms with Crippen molar-refractivity contribution in [2.75, 3.05) is 0 Å². The summed E-state index contributed by atoms with van der Waals surface area (Å²) in [6, 6.07) is 17.4. The number of thiophene rings is 1. The summed E-state index contributed by atoms with van der Waals surface area (Å²) < 4.78 is 6.89. The average molecular weight is 315 g/mol. The Bertz CT molecular complexity index is 905. The molecular formula is C17H11ClO2S. The van der Waals surface area contributed by atoms with E-state index in [1.165, 1.54) is 0 Å². The van der Waals surface area contributed by atoms with Crippen LogP contribution < -0.4 is 0 Å². The second-order valence-corrected chi connectivity index (χ2v) is 6.47. The molecule has 1 atom stereocenters. The van der Waals surface area contributed by atoms with E-state index in [1.807, 2.05) is 42.5 Å². The Morgan fingerprint density at radius 1 is 1.00 bits per heavy atom. The van der Waals surface area contributed by atoms with Gasteiger partial charge in [0.05, 0.1) is 0 Å². The molecule has 4 heteroatoms. The Hall–Kier alpha value is -1.81. The molecule has 1 N–H and O–H groups in total. The van der Waals surface area contributed by atoms with Crippen molar-refractivity contribution < 1.29 is 9.52 Å². The summed E-state index contributed by atoms with van der Waals surface area (Å²) >= 11 is 7.55. The van der Waals surface area contributed by atoms with E-state index in [1.54, 1.807) is 17.4 Å². The first kappa shape index (κ1) is 12.9. The van der Waals surface area contributed by atoms with Crippen molar-refractivity contribution >= 4 is 44.0 Å². The molecule has 2 aromatic carbocycles. The van der Waals surface area contributed by atoms with Crippen molar-refractivity contribution in [2.45, 2.75) is 6.10 Å². The van der Waals surface area contributed by atoms with Gasteiger partial charge in [0.15, 0.2) is 0 Å². The second kappa shape index (κ2) is 4.88. The zero-order chi connectivity index (χ0) is 14.4. The molecule has 0 saturated carbocycles. The molecule has 2 heterocycles. The van der Waals surface area contributed by atoms with E-state index in [-0.39, 0.29) is 0 Å². The summed E-state index contributed by atoms with van der Waals surface area (Å²) in [4.78, 5) is 0.876. The maximum Gasteiger partial charge on any atom is 0.146 e. The summed E-state index contributed by atoms with van der Waals surface area (Å²) in [5.74, 6) is 0.541. The molecule has 0 aliphatic carbocycles. The van der Waals surface area contributed by atoms with Crippen LogP contribution in [0.4, 0.5) is 0 Å². The Balaban J connectivity index is 1.79. The highest BCUT2D eigenvalue weighted by Gasteiger charge is 2.18. The summed E-state index contributed by atoms with van der Waals surface area (Å²) in [6.07, 6.45) is -0.756. The first-order chi connectivity index (χ1) is 10.2. The number of hydrogen-bond donors (Lipinski definition) is 1. The van der Waals surface area contributed by atoms with Crippen LogP contribution in [0.5, 0.6) is 0 Å². The van der Waals surface area contributed by atoms with E-state index in [0.717, 1.165) is 25.9 Å². The van der Waals surface area contributed by atoms with Gasteiger partial charge in [-0.2, -0.15) is 0 Å². The lowest BCUT2D eigenvalue weighted by atomic mass is 10.2. The van der Waals surface area contributed by atoms with Gasteiger partial charge >= 0.3 is 0 Å². The molecule has 2 nitrogen and oxygen atoms in total. The third-order valence-electron chi connectivity index (χ3n) is 3.48. The van der Waals surface area contributed by atoms with E-state index >= 15 is 0 Å². The minimum atomic E-state index is -0.756. The number of aliphatic hydroxyl groups is 1. The lowest BCUT2D eigenvalue weighted by molar-refractivity contribution is 0.196. The van der Waals surface area contributed by atoms with Gasteiger partial charge in [-0.25, -0.2) is 0 Å². The normalized spacial score (nSPS) is 13.0. The molecule has 2 aromatic heterocycles. The van der Waals surface area contributed by atoms with Crippen molar-refractivity contribution in [3.05, 3.63) is 70.3 Å². The van der Waals surface area contributed by atoms with E-state index in [9.17, 15) is 5.11 Å². The highest BCUT2D eigenvalue weighted by molar-refractivity contribution is 7.19. The Morgan fingerprint density at radius 2 is 1.86 bits per heavy atom. The molecule has 104 valence electrons. The van der Waals surface area contributed by atoms with E-state index in [2.05, 4.69) is 6.07 Å². The molecule has 1 unspecified atom stereocenters. The van der Waals surface area contributed by atoms with Crippen molar-refractivity contribution in [3.8, 4) is 0 Å². The van der Waals surface area contributed by atoms with Crippen LogP contribution in [0.25, 0.3) is 21.1 Å². The third kappa shape index (κ3) is 2.23. The standard InChI is InChI=1S/C17H11ClO2S/c18-12-5-6-13-11(7-12)8-14(20-13)17(19)16-9-10-3-1-2-4-15(10)21-16/h1-9,17,19H. The fraction of sp³-hybridized carbons (Fsp3) is 0.0588. The van der Waals surface area contributed by atoms with Crippen LogP contribution >= 0.6 is 22.9 Å². The van der Waals surface area contributed by atoms with Gasteiger partial charge in [-0.15, -0.1) is 11.3 Å². The summed E-state index contributed by atoms with van der Waals surface area (Å²) in [5, 5.41) is 13.2. The van der Waals surface area contributed by atoms with Crippen LogP contribution in [0.2, 0.25) is 5.02 Å². The summed E-state index contributed by atoms with van der Waals surface area (Å²) in [7, 11) is 0. The number of hydrogen-bond acceptors (Lipinski definition) is 3. The SMILES string of the molecule is OC(c1cc2cc(Cl)ccc2o1)c1cc2ccccc2s1. The van der Waals surface area contributed by atoms with Crippen LogP contribution in [0.15, 0.2) is 59.0 Å². The minimum Gasteiger partial charge on any atom is -0.458 e. The topological polar surface area (TPSA) is 33.4 Å². The van der Waals surface area contributed by atoms with Gasteiger partial charge in [0.25, 0.3) is 0 Å².